The molecule has 0 aliphatic rings. The Morgan fingerprint density at radius 3 is 2.44 bits per heavy atom. The number of nitrogens with one attached hydrogen (secondary N) is 1. The largest absolute Gasteiger partial charge is 0.469 e. The van der Waals surface area contributed by atoms with Crippen LogP contribution >= 0.6 is 0 Å². The monoisotopic (exact) mass is 230 g/mol. The number of methoxy groups -OCH3 is 1. The van der Waals surface area contributed by atoms with E-state index in [0.29, 0.717) is 6.42 Å². The lowest BCUT2D eigenvalue weighted by molar-refractivity contribution is -0.145. The molecule has 0 aromatic rings. The molecule has 0 aromatic carbocycles. The topological polar surface area (TPSA) is 81.4 Å². The Bertz CT molecular complexity index is 231. The second-order valence-electron chi connectivity index (χ2n) is 3.98. The summed E-state index contributed by atoms with van der Waals surface area (Å²) in [5, 5.41) is 3.22. The number of ether oxygens (including phenoxy) is 1. The Kier molecular flexibility index (Phi) is 7.54. The van der Waals surface area contributed by atoms with E-state index < -0.39 is 0 Å². The van der Waals surface area contributed by atoms with Gasteiger partial charge in [0.2, 0.25) is 5.91 Å². The normalized spacial score (nSPS) is 14.2. The van der Waals surface area contributed by atoms with Gasteiger partial charge in [-0.15, -0.1) is 0 Å². The maximum atomic E-state index is 11.2. The summed E-state index contributed by atoms with van der Waals surface area (Å²) in [6.45, 7) is 4.54. The number of unbranched alkanes of at least 4 members (excludes halogenated alkanes) is 1. The third-order valence-electron chi connectivity index (χ3n) is 2.64. The highest BCUT2D eigenvalue weighted by Gasteiger charge is 2.19. The fraction of sp³-hybridized carbons (Fsp3) is 0.818. The molecular formula is C11H22N2O3. The Morgan fingerprint density at radius 2 is 1.94 bits per heavy atom. The van der Waals surface area contributed by atoms with Gasteiger partial charge in [-0.05, 0) is 26.3 Å². The minimum absolute atomic E-state index is 0.0704. The molecule has 3 N–H and O–H groups in total. The summed E-state index contributed by atoms with van der Waals surface area (Å²) in [7, 11) is 1.39. The fourth-order valence-corrected chi connectivity index (χ4v) is 1.32. The predicted molar refractivity (Wildman–Crippen MR) is 61.7 cm³/mol. The highest BCUT2D eigenvalue weighted by atomic mass is 16.5. The maximum Gasteiger partial charge on any atom is 0.309 e. The van der Waals surface area contributed by atoms with Gasteiger partial charge in [0.25, 0.3) is 0 Å². The fourth-order valence-electron chi connectivity index (χ4n) is 1.32. The van der Waals surface area contributed by atoms with Crippen LogP contribution in [0.4, 0.5) is 0 Å². The van der Waals surface area contributed by atoms with Gasteiger partial charge in [0.1, 0.15) is 0 Å². The van der Waals surface area contributed by atoms with Gasteiger partial charge in [-0.25, -0.2) is 0 Å². The van der Waals surface area contributed by atoms with E-state index in [0.717, 1.165) is 19.4 Å². The molecule has 16 heavy (non-hydrogen) atoms. The zero-order valence-corrected chi connectivity index (χ0v) is 10.3. The molecule has 2 unspecified atom stereocenters. The number of hydrogen-bond acceptors (Lipinski definition) is 4. The van der Waals surface area contributed by atoms with Crippen LogP contribution in [0.3, 0.4) is 0 Å². The number of esters is 1. The molecule has 1 amide bonds. The highest BCUT2D eigenvalue weighted by Crippen LogP contribution is 2.04. The number of hydrogen-bond donors (Lipinski definition) is 2. The second kappa shape index (κ2) is 8.10. The van der Waals surface area contributed by atoms with Crippen molar-refractivity contribution in [3.05, 3.63) is 0 Å². The molecule has 0 saturated carbocycles. The molecule has 0 aliphatic carbocycles. The minimum atomic E-state index is -0.268. The number of amides is 1. The van der Waals surface area contributed by atoms with E-state index >= 15 is 0 Å². The van der Waals surface area contributed by atoms with Crippen molar-refractivity contribution in [3.8, 4) is 0 Å². The first-order chi connectivity index (χ1) is 7.49. The van der Waals surface area contributed by atoms with Crippen molar-refractivity contribution in [1.29, 1.82) is 0 Å². The van der Waals surface area contributed by atoms with Crippen LogP contribution in [-0.2, 0) is 14.3 Å². The zero-order chi connectivity index (χ0) is 12.6. The molecule has 0 spiro atoms. The number of nitrogens with two attached hydrogens (primary N) is 1. The summed E-state index contributed by atoms with van der Waals surface area (Å²) >= 11 is 0. The Labute approximate surface area is 96.7 Å². The van der Waals surface area contributed by atoms with Gasteiger partial charge >= 0.3 is 5.97 Å². The van der Waals surface area contributed by atoms with E-state index in [1.807, 2.05) is 13.8 Å². The molecule has 0 rings (SSSR count). The number of primary amides is 1. The number of carbonyl (C=O) groups is 2. The van der Waals surface area contributed by atoms with E-state index in [4.69, 9.17) is 5.73 Å². The van der Waals surface area contributed by atoms with Gasteiger partial charge in [0.05, 0.1) is 13.0 Å². The first-order valence-electron chi connectivity index (χ1n) is 5.58. The minimum Gasteiger partial charge on any atom is -0.469 e. The van der Waals surface area contributed by atoms with Crippen LogP contribution in [-0.4, -0.2) is 31.6 Å². The van der Waals surface area contributed by atoms with Gasteiger partial charge in [-0.3, -0.25) is 9.59 Å². The van der Waals surface area contributed by atoms with Gasteiger partial charge in [0, 0.05) is 12.5 Å². The van der Waals surface area contributed by atoms with Crippen LogP contribution in [0.1, 0.15) is 33.1 Å². The lowest BCUT2D eigenvalue weighted by Crippen LogP contribution is -2.37. The van der Waals surface area contributed by atoms with Gasteiger partial charge in [-0.1, -0.05) is 6.92 Å². The molecule has 0 saturated heterocycles. The molecule has 0 radical (unpaired) electrons. The van der Waals surface area contributed by atoms with Gasteiger partial charge in [-0.2, -0.15) is 0 Å². The summed E-state index contributed by atoms with van der Waals surface area (Å²) in [5.41, 5.74) is 5.02. The third-order valence-corrected chi connectivity index (χ3v) is 2.64. The SMILES string of the molecule is COC(=O)C(C)C(C)NCCCCC(N)=O. The van der Waals surface area contributed by atoms with Crippen molar-refractivity contribution < 1.29 is 14.3 Å². The summed E-state index contributed by atoms with van der Waals surface area (Å²) in [6.07, 6.45) is 2.07. The molecule has 5 heteroatoms. The smallest absolute Gasteiger partial charge is 0.309 e. The molecular weight excluding hydrogens is 208 g/mol. The average molecular weight is 230 g/mol. The summed E-state index contributed by atoms with van der Waals surface area (Å²) in [4.78, 5) is 21.7. The Morgan fingerprint density at radius 1 is 1.31 bits per heavy atom. The quantitative estimate of drug-likeness (QED) is 0.468. The maximum absolute atomic E-state index is 11.2. The molecule has 0 bridgehead atoms. The first kappa shape index (κ1) is 14.9. The summed E-state index contributed by atoms with van der Waals surface area (Å²) < 4.78 is 4.65. The number of rotatable bonds is 8. The third kappa shape index (κ3) is 6.40. The van der Waals surface area contributed by atoms with Crippen LogP contribution in [0, 0.1) is 5.92 Å². The van der Waals surface area contributed by atoms with Crippen molar-refractivity contribution in [2.75, 3.05) is 13.7 Å². The van der Waals surface area contributed by atoms with Crippen LogP contribution < -0.4 is 11.1 Å². The van der Waals surface area contributed by atoms with E-state index in [-0.39, 0.29) is 23.8 Å². The lowest BCUT2D eigenvalue weighted by atomic mass is 10.0. The Hall–Kier alpha value is -1.10. The lowest BCUT2D eigenvalue weighted by Gasteiger charge is -2.19. The molecule has 2 atom stereocenters. The molecule has 0 aromatic heterocycles. The van der Waals surface area contributed by atoms with Crippen LogP contribution in [0.5, 0.6) is 0 Å². The molecule has 94 valence electrons. The van der Waals surface area contributed by atoms with E-state index in [1.165, 1.54) is 7.11 Å². The number of carbonyl (C=O) groups excluding carboxylic acids is 2. The van der Waals surface area contributed by atoms with Crippen LogP contribution in [0.15, 0.2) is 0 Å². The van der Waals surface area contributed by atoms with E-state index in [2.05, 4.69) is 10.1 Å². The Balaban J connectivity index is 3.60. The second-order valence-corrected chi connectivity index (χ2v) is 3.98. The molecule has 5 nitrogen and oxygen atoms in total. The molecule has 0 aliphatic heterocycles. The van der Waals surface area contributed by atoms with Crippen LogP contribution in [0.25, 0.3) is 0 Å². The average Bonchev–Trinajstić information content (AvgIpc) is 2.25. The van der Waals surface area contributed by atoms with Crippen molar-refractivity contribution in [2.45, 2.75) is 39.2 Å². The van der Waals surface area contributed by atoms with Gasteiger partial charge in [0.15, 0.2) is 0 Å². The molecule has 0 heterocycles. The van der Waals surface area contributed by atoms with Crippen LogP contribution in [0.2, 0.25) is 0 Å². The standard InChI is InChI=1S/C11H22N2O3/c1-8(11(15)16-3)9(2)13-7-5-4-6-10(12)14/h8-9,13H,4-7H2,1-3H3,(H2,12,14). The van der Waals surface area contributed by atoms with E-state index in [1.54, 1.807) is 0 Å². The van der Waals surface area contributed by atoms with Crippen molar-refractivity contribution >= 4 is 11.9 Å². The summed E-state index contributed by atoms with van der Waals surface area (Å²) in [6, 6.07) is 0.0704. The van der Waals surface area contributed by atoms with Gasteiger partial charge < -0.3 is 15.8 Å². The van der Waals surface area contributed by atoms with Crippen molar-refractivity contribution in [3.63, 3.8) is 0 Å². The first-order valence-corrected chi connectivity index (χ1v) is 5.58. The zero-order valence-electron chi connectivity index (χ0n) is 10.3. The van der Waals surface area contributed by atoms with E-state index in [9.17, 15) is 9.59 Å². The molecule has 0 fully saturated rings. The predicted octanol–water partition coefficient (Wildman–Crippen LogP) is 0.429. The summed E-state index contributed by atoms with van der Waals surface area (Å²) in [5.74, 6) is -0.644. The van der Waals surface area contributed by atoms with Crippen molar-refractivity contribution in [2.24, 2.45) is 11.7 Å². The van der Waals surface area contributed by atoms with Crippen molar-refractivity contribution in [1.82, 2.24) is 5.32 Å². The highest BCUT2D eigenvalue weighted by molar-refractivity contribution is 5.73.